The van der Waals surface area contributed by atoms with E-state index < -0.39 is 16.9 Å². The van der Waals surface area contributed by atoms with Gasteiger partial charge in [0, 0.05) is 4.92 Å². The summed E-state index contributed by atoms with van der Waals surface area (Å²) in [5.41, 5.74) is 2.13. The lowest BCUT2D eigenvalue weighted by atomic mass is 9.80. The Kier molecular flexibility index (Phi) is 2.36. The first-order valence-corrected chi connectivity index (χ1v) is 5.91. The van der Waals surface area contributed by atoms with Crippen molar-refractivity contribution in [1.29, 1.82) is 5.26 Å². The second-order valence-corrected chi connectivity index (χ2v) is 4.60. The number of hydrogen-bond acceptors (Lipinski definition) is 3. The van der Waals surface area contributed by atoms with Crippen LogP contribution in [0.2, 0.25) is 0 Å². The maximum atomic E-state index is 11.0. The summed E-state index contributed by atoms with van der Waals surface area (Å²) in [6.45, 7) is -0.405. The van der Waals surface area contributed by atoms with Gasteiger partial charge in [-0.25, -0.2) is 0 Å². The third kappa shape index (κ3) is 1.45. The van der Waals surface area contributed by atoms with Crippen LogP contribution in [-0.2, 0) is 5.41 Å². The summed E-state index contributed by atoms with van der Waals surface area (Å²) in [7, 11) is 0. The summed E-state index contributed by atoms with van der Waals surface area (Å²) >= 11 is 0. The number of benzene rings is 2. The van der Waals surface area contributed by atoms with E-state index in [4.69, 9.17) is 0 Å². The molecule has 0 unspecified atom stereocenters. The Hall–Kier alpha value is -2.67. The third-order valence-corrected chi connectivity index (χ3v) is 3.62. The molecule has 4 nitrogen and oxygen atoms in total. The molecule has 1 aliphatic rings. The molecule has 0 saturated heterocycles. The van der Waals surface area contributed by atoms with Crippen molar-refractivity contribution >= 4 is 0 Å². The Morgan fingerprint density at radius 2 is 1.53 bits per heavy atom. The average Bonchev–Trinajstić information content (AvgIpc) is 2.71. The van der Waals surface area contributed by atoms with E-state index >= 15 is 0 Å². The van der Waals surface area contributed by atoms with Gasteiger partial charge < -0.3 is 0 Å². The molecule has 4 heteroatoms. The number of nitrogens with zero attached hydrogens (tertiary/aromatic N) is 2. The van der Waals surface area contributed by atoms with Gasteiger partial charge in [-0.3, -0.25) is 10.1 Å². The fraction of sp³-hybridized carbons (Fsp3) is 0.133. The third-order valence-electron chi connectivity index (χ3n) is 3.62. The van der Waals surface area contributed by atoms with Gasteiger partial charge in [0.2, 0.25) is 6.54 Å². The molecule has 0 N–H and O–H groups in total. The van der Waals surface area contributed by atoms with E-state index in [1.165, 1.54) is 0 Å². The fourth-order valence-corrected chi connectivity index (χ4v) is 2.85. The predicted molar refractivity (Wildman–Crippen MR) is 70.1 cm³/mol. The molecule has 1 aliphatic carbocycles. The minimum absolute atomic E-state index is 0.405. The van der Waals surface area contributed by atoms with Crippen LogP contribution in [0.5, 0.6) is 0 Å². The molecule has 2 aromatic rings. The lowest BCUT2D eigenvalue weighted by Gasteiger charge is -2.18. The van der Waals surface area contributed by atoms with Crippen molar-refractivity contribution in [2.45, 2.75) is 5.41 Å². The number of fused-ring (bicyclic) bond motifs is 3. The standard InChI is InChI=1S/C15H10N2O2/c16-9-15(10-17(18)19)13-7-3-1-5-11(13)12-6-2-4-8-14(12)15/h1-8H,10H2. The largest absolute Gasteiger partial charge is 0.264 e. The molecule has 0 aliphatic heterocycles. The van der Waals surface area contributed by atoms with Crippen LogP contribution in [-0.4, -0.2) is 11.5 Å². The van der Waals surface area contributed by atoms with Crippen LogP contribution >= 0.6 is 0 Å². The van der Waals surface area contributed by atoms with Crippen molar-refractivity contribution in [2.75, 3.05) is 6.54 Å². The summed E-state index contributed by atoms with van der Waals surface area (Å²) in [6.07, 6.45) is 0. The van der Waals surface area contributed by atoms with Gasteiger partial charge in [-0.1, -0.05) is 48.5 Å². The van der Waals surface area contributed by atoms with Crippen molar-refractivity contribution in [1.82, 2.24) is 0 Å². The van der Waals surface area contributed by atoms with Gasteiger partial charge in [-0.05, 0) is 22.3 Å². The zero-order chi connectivity index (χ0) is 13.5. The molecular formula is C15H10N2O2. The van der Waals surface area contributed by atoms with E-state index in [9.17, 15) is 15.4 Å². The molecule has 19 heavy (non-hydrogen) atoms. The molecule has 0 heterocycles. The molecule has 92 valence electrons. The highest BCUT2D eigenvalue weighted by Crippen LogP contribution is 2.48. The summed E-state index contributed by atoms with van der Waals surface area (Å²) in [4.78, 5) is 10.6. The first-order chi connectivity index (χ1) is 9.19. The molecule has 0 bridgehead atoms. The predicted octanol–water partition coefficient (Wildman–Crippen LogP) is 2.75. The molecule has 0 spiro atoms. The Balaban J connectivity index is 2.36. The molecule has 0 aromatic heterocycles. The van der Waals surface area contributed by atoms with Crippen molar-refractivity contribution in [2.24, 2.45) is 0 Å². The maximum Gasteiger partial charge on any atom is 0.230 e. The quantitative estimate of drug-likeness (QED) is 0.608. The Morgan fingerprint density at radius 1 is 1.05 bits per heavy atom. The van der Waals surface area contributed by atoms with Crippen molar-refractivity contribution in [3.63, 3.8) is 0 Å². The Morgan fingerprint density at radius 3 is 1.95 bits per heavy atom. The smallest absolute Gasteiger partial charge is 0.230 e. The normalized spacial score (nSPS) is 14.3. The summed E-state index contributed by atoms with van der Waals surface area (Å²) < 4.78 is 0. The van der Waals surface area contributed by atoms with Gasteiger partial charge in [0.05, 0.1) is 6.07 Å². The van der Waals surface area contributed by atoms with Crippen molar-refractivity contribution < 1.29 is 4.92 Å². The molecule has 0 fully saturated rings. The van der Waals surface area contributed by atoms with E-state index in [0.29, 0.717) is 0 Å². The molecule has 0 amide bonds. The Bertz CT molecular complexity index is 671. The van der Waals surface area contributed by atoms with E-state index in [1.807, 2.05) is 48.5 Å². The molecule has 2 aromatic carbocycles. The summed E-state index contributed by atoms with van der Waals surface area (Å²) in [5, 5.41) is 20.6. The molecule has 0 atom stereocenters. The van der Waals surface area contributed by atoms with Gasteiger partial charge in [0.25, 0.3) is 0 Å². The molecule has 0 radical (unpaired) electrons. The number of nitro groups is 1. The average molecular weight is 250 g/mol. The number of nitriles is 1. The second-order valence-electron chi connectivity index (χ2n) is 4.60. The van der Waals surface area contributed by atoms with Crippen LogP contribution < -0.4 is 0 Å². The van der Waals surface area contributed by atoms with Gasteiger partial charge in [0.15, 0.2) is 5.41 Å². The van der Waals surface area contributed by atoms with Crippen LogP contribution in [0.4, 0.5) is 0 Å². The zero-order valence-electron chi connectivity index (χ0n) is 10.0. The SMILES string of the molecule is N#CC1(C[N+](=O)[O-])c2ccccc2-c2ccccc21. The van der Waals surface area contributed by atoms with Gasteiger partial charge in [-0.2, -0.15) is 5.26 Å². The van der Waals surface area contributed by atoms with E-state index in [0.717, 1.165) is 22.3 Å². The van der Waals surface area contributed by atoms with Gasteiger partial charge in [0.1, 0.15) is 0 Å². The summed E-state index contributed by atoms with van der Waals surface area (Å²) in [6, 6.07) is 17.0. The van der Waals surface area contributed by atoms with Crippen LogP contribution in [0, 0.1) is 21.4 Å². The van der Waals surface area contributed by atoms with Crippen molar-refractivity contribution in [3.05, 3.63) is 69.8 Å². The highest BCUT2D eigenvalue weighted by Gasteiger charge is 2.47. The fourth-order valence-electron chi connectivity index (χ4n) is 2.85. The van der Waals surface area contributed by atoms with Crippen LogP contribution in [0.1, 0.15) is 11.1 Å². The van der Waals surface area contributed by atoms with Crippen molar-refractivity contribution in [3.8, 4) is 17.2 Å². The second kappa shape index (κ2) is 3.92. The zero-order valence-corrected chi connectivity index (χ0v) is 10.0. The first-order valence-electron chi connectivity index (χ1n) is 5.91. The monoisotopic (exact) mass is 250 g/mol. The highest BCUT2D eigenvalue weighted by atomic mass is 16.6. The Labute approximate surface area is 110 Å². The summed E-state index contributed by atoms with van der Waals surface area (Å²) in [5.74, 6) is 0. The lowest BCUT2D eigenvalue weighted by Crippen LogP contribution is -2.32. The van der Waals surface area contributed by atoms with Crippen LogP contribution in [0.15, 0.2) is 48.5 Å². The number of hydrogen-bond donors (Lipinski definition) is 0. The molecule has 3 rings (SSSR count). The lowest BCUT2D eigenvalue weighted by molar-refractivity contribution is -0.486. The first kappa shape index (κ1) is 11.4. The van der Waals surface area contributed by atoms with Crippen LogP contribution in [0.3, 0.4) is 0 Å². The van der Waals surface area contributed by atoms with Gasteiger partial charge >= 0.3 is 0 Å². The van der Waals surface area contributed by atoms with E-state index in [-0.39, 0.29) is 0 Å². The van der Waals surface area contributed by atoms with Gasteiger partial charge in [-0.15, -0.1) is 0 Å². The minimum Gasteiger partial charge on any atom is -0.264 e. The minimum atomic E-state index is -1.17. The maximum absolute atomic E-state index is 11.0. The van der Waals surface area contributed by atoms with Crippen LogP contribution in [0.25, 0.3) is 11.1 Å². The molecule has 0 saturated carbocycles. The van der Waals surface area contributed by atoms with E-state index in [1.54, 1.807) is 0 Å². The topological polar surface area (TPSA) is 66.9 Å². The number of rotatable bonds is 2. The molecular weight excluding hydrogens is 240 g/mol. The van der Waals surface area contributed by atoms with E-state index in [2.05, 4.69) is 6.07 Å². The highest BCUT2D eigenvalue weighted by molar-refractivity contribution is 5.82.